The van der Waals surface area contributed by atoms with E-state index in [0.717, 1.165) is 12.1 Å². The summed E-state index contributed by atoms with van der Waals surface area (Å²) in [4.78, 5) is 26.4. The largest absolute Gasteiger partial charge is 0.478 e. The third-order valence-electron chi connectivity index (χ3n) is 7.55. The molecule has 0 spiro atoms. The van der Waals surface area contributed by atoms with E-state index in [2.05, 4.69) is 79.0 Å². The van der Waals surface area contributed by atoms with Gasteiger partial charge in [0.15, 0.2) is 0 Å². The lowest BCUT2D eigenvalue weighted by Gasteiger charge is -2.23. The quantitative estimate of drug-likeness (QED) is 0.332. The van der Waals surface area contributed by atoms with Crippen LogP contribution in [0.25, 0.3) is 10.8 Å². The standard InChI is InChI=1S/C32H32N2O3/c1-22(28-13-7-11-24-10-5-6-12-29(24)28)33-19-27-20-34(21-30(27)25-8-3-2-4-9-25)31(35)18-23-14-16-26(17-15-23)32(36)37/h2-17,22,27,30,33H,18-21H2,1H3,(H,36,37)/t22-,27+,30-/m1/s1. The summed E-state index contributed by atoms with van der Waals surface area (Å²) in [7, 11) is 0. The highest BCUT2D eigenvalue weighted by Gasteiger charge is 2.36. The fraction of sp³-hybridized carbons (Fsp3) is 0.250. The van der Waals surface area contributed by atoms with Crippen LogP contribution in [0.2, 0.25) is 0 Å². The molecule has 0 unspecified atom stereocenters. The predicted molar refractivity (Wildman–Crippen MR) is 147 cm³/mol. The number of carbonyl (C=O) groups is 2. The Morgan fingerprint density at radius 3 is 2.35 bits per heavy atom. The fourth-order valence-electron chi connectivity index (χ4n) is 5.48. The Hall–Kier alpha value is -3.96. The van der Waals surface area contributed by atoms with Gasteiger partial charge in [-0.2, -0.15) is 0 Å². The summed E-state index contributed by atoms with van der Waals surface area (Å²) in [6.45, 7) is 4.39. The van der Waals surface area contributed by atoms with Crippen LogP contribution in [-0.4, -0.2) is 41.5 Å². The fourth-order valence-corrected chi connectivity index (χ4v) is 5.48. The summed E-state index contributed by atoms with van der Waals surface area (Å²) in [5.74, 6) is -0.338. The molecule has 0 bridgehead atoms. The van der Waals surface area contributed by atoms with E-state index in [0.29, 0.717) is 13.1 Å². The van der Waals surface area contributed by atoms with Gasteiger partial charge >= 0.3 is 5.97 Å². The van der Waals surface area contributed by atoms with Crippen molar-refractivity contribution < 1.29 is 14.7 Å². The Morgan fingerprint density at radius 2 is 1.59 bits per heavy atom. The molecular formula is C32H32N2O3. The molecule has 4 aromatic rings. The van der Waals surface area contributed by atoms with Crippen LogP contribution in [0.4, 0.5) is 0 Å². The Balaban J connectivity index is 1.29. The second-order valence-electron chi connectivity index (χ2n) is 9.95. The van der Waals surface area contributed by atoms with Crippen LogP contribution >= 0.6 is 0 Å². The van der Waals surface area contributed by atoms with Gasteiger partial charge in [0.05, 0.1) is 12.0 Å². The maximum atomic E-state index is 13.3. The number of likely N-dealkylation sites (tertiary alicyclic amines) is 1. The van der Waals surface area contributed by atoms with Gasteiger partial charge in [-0.3, -0.25) is 4.79 Å². The monoisotopic (exact) mass is 492 g/mol. The molecule has 1 saturated heterocycles. The van der Waals surface area contributed by atoms with Crippen molar-refractivity contribution in [2.24, 2.45) is 5.92 Å². The number of hydrogen-bond donors (Lipinski definition) is 2. The van der Waals surface area contributed by atoms with Gasteiger partial charge in [-0.15, -0.1) is 0 Å². The summed E-state index contributed by atoms with van der Waals surface area (Å²) in [6, 6.07) is 32.1. The molecule has 5 rings (SSSR count). The Bertz CT molecular complexity index is 1380. The highest BCUT2D eigenvalue weighted by atomic mass is 16.4. The first-order valence-corrected chi connectivity index (χ1v) is 12.9. The summed E-state index contributed by atoms with van der Waals surface area (Å²) < 4.78 is 0. The molecule has 0 aromatic heterocycles. The normalized spacial score (nSPS) is 18.1. The van der Waals surface area contributed by atoms with Gasteiger partial charge in [0.2, 0.25) is 5.91 Å². The van der Waals surface area contributed by atoms with Gasteiger partial charge in [0, 0.05) is 31.6 Å². The van der Waals surface area contributed by atoms with E-state index in [4.69, 9.17) is 5.11 Å². The number of hydrogen-bond acceptors (Lipinski definition) is 3. The van der Waals surface area contributed by atoms with Gasteiger partial charge in [0.25, 0.3) is 0 Å². The molecule has 5 heteroatoms. The molecule has 1 fully saturated rings. The Labute approximate surface area is 217 Å². The van der Waals surface area contributed by atoms with E-state index in [9.17, 15) is 9.59 Å². The van der Waals surface area contributed by atoms with Crippen LogP contribution in [0.1, 0.15) is 45.9 Å². The topological polar surface area (TPSA) is 69.6 Å². The molecular weight excluding hydrogens is 460 g/mol. The van der Waals surface area contributed by atoms with E-state index < -0.39 is 5.97 Å². The minimum atomic E-state index is -0.962. The average Bonchev–Trinajstić information content (AvgIpc) is 3.37. The lowest BCUT2D eigenvalue weighted by molar-refractivity contribution is -0.129. The molecule has 4 aromatic carbocycles. The average molecular weight is 493 g/mol. The van der Waals surface area contributed by atoms with Crippen molar-refractivity contribution in [2.45, 2.75) is 25.3 Å². The number of rotatable bonds is 8. The zero-order valence-electron chi connectivity index (χ0n) is 21.0. The van der Waals surface area contributed by atoms with Crippen LogP contribution in [0.5, 0.6) is 0 Å². The molecule has 1 aliphatic heterocycles. The van der Waals surface area contributed by atoms with Crippen molar-refractivity contribution >= 4 is 22.6 Å². The summed E-state index contributed by atoms with van der Waals surface area (Å²) >= 11 is 0. The molecule has 2 N–H and O–H groups in total. The number of fused-ring (bicyclic) bond motifs is 1. The van der Waals surface area contributed by atoms with Gasteiger partial charge in [-0.05, 0) is 52.4 Å². The molecule has 0 saturated carbocycles. The molecule has 1 heterocycles. The van der Waals surface area contributed by atoms with E-state index in [1.807, 2.05) is 11.0 Å². The molecule has 37 heavy (non-hydrogen) atoms. The van der Waals surface area contributed by atoms with Crippen LogP contribution in [0.3, 0.4) is 0 Å². The number of carboxylic acid groups (broad SMARTS) is 1. The second kappa shape index (κ2) is 11.0. The van der Waals surface area contributed by atoms with Gasteiger partial charge in [-0.25, -0.2) is 4.79 Å². The zero-order chi connectivity index (χ0) is 25.8. The molecule has 3 atom stereocenters. The van der Waals surface area contributed by atoms with Crippen molar-refractivity contribution in [3.05, 3.63) is 119 Å². The lowest BCUT2D eigenvalue weighted by Crippen LogP contribution is -2.32. The van der Waals surface area contributed by atoms with Gasteiger partial charge < -0.3 is 15.3 Å². The number of amides is 1. The summed E-state index contributed by atoms with van der Waals surface area (Å²) in [5, 5.41) is 15.4. The van der Waals surface area contributed by atoms with Crippen molar-refractivity contribution in [1.82, 2.24) is 10.2 Å². The van der Waals surface area contributed by atoms with E-state index in [1.165, 1.54) is 21.9 Å². The van der Waals surface area contributed by atoms with E-state index in [1.54, 1.807) is 24.3 Å². The first kappa shape index (κ1) is 24.7. The first-order valence-electron chi connectivity index (χ1n) is 12.9. The number of aromatic carboxylic acids is 1. The smallest absolute Gasteiger partial charge is 0.335 e. The summed E-state index contributed by atoms with van der Waals surface area (Å²) in [5.41, 5.74) is 3.60. The second-order valence-corrected chi connectivity index (χ2v) is 9.95. The van der Waals surface area contributed by atoms with Gasteiger partial charge in [0.1, 0.15) is 0 Å². The maximum absolute atomic E-state index is 13.3. The van der Waals surface area contributed by atoms with Crippen molar-refractivity contribution in [2.75, 3.05) is 19.6 Å². The van der Waals surface area contributed by atoms with Crippen LogP contribution in [-0.2, 0) is 11.2 Å². The molecule has 0 aliphatic carbocycles. The maximum Gasteiger partial charge on any atom is 0.335 e. The number of nitrogens with one attached hydrogen (secondary N) is 1. The van der Waals surface area contributed by atoms with Crippen molar-refractivity contribution in [3.63, 3.8) is 0 Å². The number of benzene rings is 4. The Kier molecular flexibility index (Phi) is 7.33. The minimum absolute atomic E-state index is 0.0774. The molecule has 5 nitrogen and oxygen atoms in total. The van der Waals surface area contributed by atoms with E-state index in [-0.39, 0.29) is 35.8 Å². The number of nitrogens with zero attached hydrogens (tertiary/aromatic N) is 1. The van der Waals surface area contributed by atoms with Crippen molar-refractivity contribution in [1.29, 1.82) is 0 Å². The molecule has 188 valence electrons. The minimum Gasteiger partial charge on any atom is -0.478 e. The highest BCUT2D eigenvalue weighted by molar-refractivity contribution is 5.88. The molecule has 1 amide bonds. The predicted octanol–water partition coefficient (Wildman–Crippen LogP) is 5.67. The van der Waals surface area contributed by atoms with Crippen LogP contribution in [0, 0.1) is 5.92 Å². The third kappa shape index (κ3) is 5.57. The van der Waals surface area contributed by atoms with Gasteiger partial charge in [-0.1, -0.05) is 84.9 Å². The molecule has 0 radical (unpaired) electrons. The number of carboxylic acids is 1. The zero-order valence-corrected chi connectivity index (χ0v) is 21.0. The summed E-state index contributed by atoms with van der Waals surface area (Å²) in [6.07, 6.45) is 0.272. The highest BCUT2D eigenvalue weighted by Crippen LogP contribution is 2.33. The molecule has 1 aliphatic rings. The Morgan fingerprint density at radius 1 is 0.892 bits per heavy atom. The first-order chi connectivity index (χ1) is 18.0. The van der Waals surface area contributed by atoms with Crippen LogP contribution in [0.15, 0.2) is 97.1 Å². The lowest BCUT2D eigenvalue weighted by atomic mass is 9.88. The number of carbonyl (C=O) groups excluding carboxylic acids is 1. The third-order valence-corrected chi connectivity index (χ3v) is 7.55. The van der Waals surface area contributed by atoms with Crippen molar-refractivity contribution in [3.8, 4) is 0 Å². The van der Waals surface area contributed by atoms with E-state index >= 15 is 0 Å². The SMILES string of the molecule is C[C@@H](NC[C@H]1CN(C(=O)Cc2ccc(C(=O)O)cc2)C[C@@H]1c1ccccc1)c1cccc2ccccc12. The van der Waals surface area contributed by atoms with Crippen LogP contribution < -0.4 is 5.32 Å².